The van der Waals surface area contributed by atoms with Gasteiger partial charge in [0, 0.05) is 24.8 Å². The van der Waals surface area contributed by atoms with E-state index in [4.69, 9.17) is 4.65 Å². The maximum atomic E-state index is 12.5. The van der Waals surface area contributed by atoms with E-state index in [-0.39, 0.29) is 47.7 Å². The van der Waals surface area contributed by atoms with E-state index in [2.05, 4.69) is 20.9 Å². The second-order valence-corrected chi connectivity index (χ2v) is 7.78. The molecule has 0 saturated carbocycles. The lowest BCUT2D eigenvalue weighted by Gasteiger charge is -2.27. The first-order valence-corrected chi connectivity index (χ1v) is 10.0. The van der Waals surface area contributed by atoms with Crippen molar-refractivity contribution in [2.45, 2.75) is 37.7 Å². The fraction of sp³-hybridized carbons (Fsp3) is 0.421. The second kappa shape index (κ2) is 8.86. The summed E-state index contributed by atoms with van der Waals surface area (Å²) in [6, 6.07) is 4.77. The normalized spacial score (nSPS) is 20.1. The number of rotatable bonds is 7. The van der Waals surface area contributed by atoms with Crippen molar-refractivity contribution in [1.29, 1.82) is 0 Å². The summed E-state index contributed by atoms with van der Waals surface area (Å²) in [5, 5.41) is 33.2. The van der Waals surface area contributed by atoms with Gasteiger partial charge in [0.05, 0.1) is 11.8 Å². The van der Waals surface area contributed by atoms with E-state index in [0.29, 0.717) is 18.5 Å². The molecule has 0 radical (unpaired) electrons. The second-order valence-electron chi connectivity index (χ2n) is 7.78. The Balaban J connectivity index is 1.35. The topological polar surface area (TPSA) is 156 Å². The van der Waals surface area contributed by atoms with Crippen LogP contribution in [-0.2, 0) is 17.8 Å². The van der Waals surface area contributed by atoms with Gasteiger partial charge in [0.2, 0.25) is 0 Å². The summed E-state index contributed by atoms with van der Waals surface area (Å²) >= 11 is 0. The Bertz CT molecular complexity index is 1010. The Kier molecular flexibility index (Phi) is 6.00. The van der Waals surface area contributed by atoms with Crippen molar-refractivity contribution in [3.8, 4) is 5.75 Å². The van der Waals surface area contributed by atoms with Crippen LogP contribution in [-0.4, -0.2) is 69.0 Å². The van der Waals surface area contributed by atoms with Gasteiger partial charge in [-0.2, -0.15) is 0 Å². The molecule has 2 atom stereocenters. The van der Waals surface area contributed by atoms with E-state index in [1.54, 1.807) is 12.1 Å². The molecule has 12 heteroatoms. The van der Waals surface area contributed by atoms with Crippen LogP contribution in [0.5, 0.6) is 5.75 Å². The van der Waals surface area contributed by atoms with Gasteiger partial charge < -0.3 is 25.4 Å². The molecule has 2 aliphatic rings. The fourth-order valence-corrected chi connectivity index (χ4v) is 3.88. The molecule has 0 unspecified atom stereocenters. The summed E-state index contributed by atoms with van der Waals surface area (Å²) < 4.78 is 6.70. The molecule has 0 aliphatic carbocycles. The Morgan fingerprint density at radius 2 is 2.19 bits per heavy atom. The molecule has 3 heterocycles. The van der Waals surface area contributed by atoms with Crippen molar-refractivity contribution < 1.29 is 29.2 Å². The van der Waals surface area contributed by atoms with Crippen LogP contribution in [0.4, 0.5) is 0 Å². The van der Waals surface area contributed by atoms with Crippen LogP contribution < -0.4 is 15.3 Å². The maximum absolute atomic E-state index is 12.5. The molecule has 2 aliphatic heterocycles. The lowest BCUT2D eigenvalue weighted by molar-refractivity contribution is -0.120. The summed E-state index contributed by atoms with van der Waals surface area (Å²) in [7, 11) is -1.30. The standard InChI is InChI=1S/C19H22BN5O6/c26-14(9-25-10-16(23-24-25)18(27)22-13-4-5-21-8-13)7-12-6-11-2-1-3-15(19(28)29)17(11)31-20(12)30/h1-3,10,12-13,21,30H,4-9H2,(H,22,27)(H,28,29)/t12-,13+/m1/s1. The van der Waals surface area contributed by atoms with E-state index in [0.717, 1.165) is 13.0 Å². The molecule has 4 rings (SSSR count). The van der Waals surface area contributed by atoms with Gasteiger partial charge in [0.25, 0.3) is 5.91 Å². The number of carbonyl (C=O) groups excluding carboxylic acids is 2. The molecular formula is C19H22BN5O6. The van der Waals surface area contributed by atoms with Crippen molar-refractivity contribution in [2.75, 3.05) is 13.1 Å². The molecule has 1 aromatic carbocycles. The van der Waals surface area contributed by atoms with Crippen molar-refractivity contribution >= 4 is 24.8 Å². The molecule has 162 valence electrons. The monoisotopic (exact) mass is 427 g/mol. The number of aromatic carboxylic acids is 1. The summed E-state index contributed by atoms with van der Waals surface area (Å²) in [4.78, 5) is 36.1. The van der Waals surface area contributed by atoms with Crippen molar-refractivity contribution in [3.63, 3.8) is 0 Å². The number of nitrogens with one attached hydrogen (secondary N) is 2. The first-order valence-electron chi connectivity index (χ1n) is 10.0. The zero-order valence-corrected chi connectivity index (χ0v) is 16.7. The minimum atomic E-state index is -1.30. The number of ketones is 1. The van der Waals surface area contributed by atoms with Crippen molar-refractivity contribution in [3.05, 3.63) is 41.2 Å². The average Bonchev–Trinajstić information content (AvgIpc) is 3.40. The quantitative estimate of drug-likeness (QED) is 0.429. The van der Waals surface area contributed by atoms with Gasteiger partial charge in [0.1, 0.15) is 12.3 Å². The number of hydrogen-bond acceptors (Lipinski definition) is 8. The summed E-state index contributed by atoms with van der Waals surface area (Å²) in [5.41, 5.74) is 0.739. The molecule has 2 aromatic rings. The number of Topliss-reactive ketones (excluding diaryl/α,β-unsaturated/α-hetero) is 1. The number of carboxylic acid groups (broad SMARTS) is 1. The number of carboxylic acids is 1. The third-order valence-corrected chi connectivity index (χ3v) is 5.45. The number of nitrogens with zero attached hydrogens (tertiary/aromatic N) is 3. The lowest BCUT2D eigenvalue weighted by Crippen LogP contribution is -2.36. The maximum Gasteiger partial charge on any atom is 0.526 e. The molecule has 1 amide bonds. The Morgan fingerprint density at radius 3 is 2.94 bits per heavy atom. The number of aromatic nitrogens is 3. The smallest absolute Gasteiger partial charge is 0.526 e. The Labute approximate surface area is 177 Å². The molecule has 1 aromatic heterocycles. The zero-order chi connectivity index (χ0) is 22.0. The molecule has 0 spiro atoms. The highest BCUT2D eigenvalue weighted by Crippen LogP contribution is 2.36. The number of amides is 1. The molecular weight excluding hydrogens is 405 g/mol. The predicted molar refractivity (Wildman–Crippen MR) is 108 cm³/mol. The number of para-hydroxylation sites is 1. The number of benzene rings is 1. The van der Waals surface area contributed by atoms with E-state index < -0.39 is 18.9 Å². The van der Waals surface area contributed by atoms with Crippen LogP contribution in [0.1, 0.15) is 39.3 Å². The minimum Gasteiger partial charge on any atom is -0.535 e. The lowest BCUT2D eigenvalue weighted by atomic mass is 9.64. The van der Waals surface area contributed by atoms with Crippen LogP contribution in [0, 0.1) is 0 Å². The molecule has 1 fully saturated rings. The Hall–Kier alpha value is -3.25. The number of fused-ring (bicyclic) bond motifs is 1. The first-order chi connectivity index (χ1) is 14.9. The molecule has 4 N–H and O–H groups in total. The van der Waals surface area contributed by atoms with Gasteiger partial charge in [-0.25, -0.2) is 9.48 Å². The van der Waals surface area contributed by atoms with Crippen molar-refractivity contribution in [2.24, 2.45) is 0 Å². The highest BCUT2D eigenvalue weighted by Gasteiger charge is 2.37. The van der Waals surface area contributed by atoms with Crippen LogP contribution in [0.2, 0.25) is 5.82 Å². The molecule has 0 bridgehead atoms. The van der Waals surface area contributed by atoms with Crippen LogP contribution in [0.25, 0.3) is 0 Å². The summed E-state index contributed by atoms with van der Waals surface area (Å²) in [5.74, 6) is -2.09. The largest absolute Gasteiger partial charge is 0.535 e. The molecule has 11 nitrogen and oxygen atoms in total. The highest BCUT2D eigenvalue weighted by atomic mass is 16.5. The van der Waals surface area contributed by atoms with E-state index >= 15 is 0 Å². The minimum absolute atomic E-state index is 0.00698. The number of carbonyl (C=O) groups is 3. The molecule has 31 heavy (non-hydrogen) atoms. The zero-order valence-electron chi connectivity index (χ0n) is 16.7. The van der Waals surface area contributed by atoms with Crippen LogP contribution in [0.3, 0.4) is 0 Å². The van der Waals surface area contributed by atoms with Gasteiger partial charge in [-0.05, 0) is 31.0 Å². The predicted octanol–water partition coefficient (Wildman–Crippen LogP) is -0.487. The summed E-state index contributed by atoms with van der Waals surface area (Å²) in [6.07, 6.45) is 2.58. The highest BCUT2D eigenvalue weighted by molar-refractivity contribution is 6.47. The van der Waals surface area contributed by atoms with E-state index in [1.165, 1.54) is 16.9 Å². The van der Waals surface area contributed by atoms with Crippen LogP contribution >= 0.6 is 0 Å². The third-order valence-electron chi connectivity index (χ3n) is 5.45. The SMILES string of the molecule is O=C(C[C@H]1Cc2cccc(C(=O)O)c2OB1O)Cn1cc(C(=O)N[C@H]2CCNC2)nn1. The fourth-order valence-electron chi connectivity index (χ4n) is 3.88. The number of hydrogen-bond donors (Lipinski definition) is 4. The van der Waals surface area contributed by atoms with Gasteiger partial charge in [-0.3, -0.25) is 9.59 Å². The Morgan fingerprint density at radius 1 is 1.35 bits per heavy atom. The average molecular weight is 427 g/mol. The van der Waals surface area contributed by atoms with Gasteiger partial charge in [0.15, 0.2) is 11.5 Å². The first kappa shape index (κ1) is 21.0. The van der Waals surface area contributed by atoms with Crippen LogP contribution in [0.15, 0.2) is 24.4 Å². The van der Waals surface area contributed by atoms with E-state index in [9.17, 15) is 24.5 Å². The third kappa shape index (κ3) is 4.75. The van der Waals surface area contributed by atoms with Gasteiger partial charge in [-0.1, -0.05) is 17.3 Å². The molecule has 1 saturated heterocycles. The van der Waals surface area contributed by atoms with Gasteiger partial charge >= 0.3 is 13.1 Å². The summed E-state index contributed by atoms with van der Waals surface area (Å²) in [6.45, 7) is 1.46. The van der Waals surface area contributed by atoms with E-state index in [1.807, 2.05) is 0 Å². The van der Waals surface area contributed by atoms with Crippen molar-refractivity contribution in [1.82, 2.24) is 25.6 Å². The van der Waals surface area contributed by atoms with Gasteiger partial charge in [-0.15, -0.1) is 5.10 Å².